The van der Waals surface area contributed by atoms with Crippen LogP contribution >= 0.6 is 0 Å². The van der Waals surface area contributed by atoms with Gasteiger partial charge >= 0.3 is 0 Å². The predicted octanol–water partition coefficient (Wildman–Crippen LogP) is 1.71. The molecule has 0 aromatic heterocycles. The lowest BCUT2D eigenvalue weighted by atomic mass is 10.2. The molecule has 0 aliphatic carbocycles. The van der Waals surface area contributed by atoms with Crippen LogP contribution in [0.15, 0.2) is 24.7 Å². The van der Waals surface area contributed by atoms with Gasteiger partial charge in [0.2, 0.25) is 0 Å². The maximum absolute atomic E-state index is 5.20. The third-order valence-electron chi connectivity index (χ3n) is 1.47. The summed E-state index contributed by atoms with van der Waals surface area (Å²) < 4.78 is 10.2. The Balaban J connectivity index is 2.48. The van der Waals surface area contributed by atoms with E-state index in [4.69, 9.17) is 15.9 Å². The van der Waals surface area contributed by atoms with Crippen molar-refractivity contribution >= 4 is 0 Å². The number of hydrogen-bond donors (Lipinski definition) is 0. The molecule has 1 aromatic carbocycles. The summed E-state index contributed by atoms with van der Waals surface area (Å²) in [6, 6.07) is 6.28. The quantitative estimate of drug-likeness (QED) is 0.534. The number of terminal acetylenes is 1. The summed E-state index contributed by atoms with van der Waals surface area (Å²) >= 11 is 0. The van der Waals surface area contributed by atoms with E-state index in [1.165, 1.54) is 12.5 Å². The first-order chi connectivity index (χ1) is 5.90. The van der Waals surface area contributed by atoms with Crippen molar-refractivity contribution in [3.05, 3.63) is 36.3 Å². The standard InChI is InChI=1S/C10H5O2/c1-2-8-3-4-9-10(7-8)12-6-5-11-9/h1,3,5-7H. The van der Waals surface area contributed by atoms with E-state index in [-0.39, 0.29) is 0 Å². The number of hydrogen-bond acceptors (Lipinski definition) is 2. The molecule has 2 nitrogen and oxygen atoms in total. The minimum Gasteiger partial charge on any atom is -0.458 e. The molecule has 0 unspecified atom stereocenters. The third-order valence-corrected chi connectivity index (χ3v) is 1.47. The van der Waals surface area contributed by atoms with Crippen LogP contribution < -0.4 is 9.47 Å². The van der Waals surface area contributed by atoms with Crippen LogP contribution in [0.4, 0.5) is 0 Å². The summed E-state index contributed by atoms with van der Waals surface area (Å²) in [4.78, 5) is 0. The molecular formula is C10H5O2. The second-order valence-electron chi connectivity index (χ2n) is 2.23. The van der Waals surface area contributed by atoms with Crippen molar-refractivity contribution in [1.29, 1.82) is 0 Å². The number of fused-ring (bicyclic) bond motifs is 1. The van der Waals surface area contributed by atoms with Crippen molar-refractivity contribution in [1.82, 2.24) is 0 Å². The molecular weight excluding hydrogens is 152 g/mol. The molecule has 0 saturated heterocycles. The zero-order valence-electron chi connectivity index (χ0n) is 6.20. The molecule has 2 rings (SSSR count). The predicted molar refractivity (Wildman–Crippen MR) is 43.6 cm³/mol. The first-order valence-corrected chi connectivity index (χ1v) is 3.41. The highest BCUT2D eigenvalue weighted by Gasteiger charge is 2.07. The third kappa shape index (κ3) is 1.02. The minimum absolute atomic E-state index is 0.566. The van der Waals surface area contributed by atoms with Gasteiger partial charge in [0.1, 0.15) is 12.5 Å². The van der Waals surface area contributed by atoms with E-state index in [9.17, 15) is 0 Å². The van der Waals surface area contributed by atoms with Crippen molar-refractivity contribution in [3.63, 3.8) is 0 Å². The first kappa shape index (κ1) is 6.81. The fourth-order valence-corrected chi connectivity index (χ4v) is 0.923. The largest absolute Gasteiger partial charge is 0.458 e. The monoisotopic (exact) mass is 157 g/mol. The number of benzene rings is 1. The molecule has 1 heterocycles. The van der Waals surface area contributed by atoms with Crippen LogP contribution in [0.2, 0.25) is 0 Å². The molecule has 0 bridgehead atoms. The zero-order valence-corrected chi connectivity index (χ0v) is 6.20. The van der Waals surface area contributed by atoms with Gasteiger partial charge in [-0.3, -0.25) is 0 Å². The molecule has 0 N–H and O–H groups in total. The first-order valence-electron chi connectivity index (χ1n) is 3.41. The van der Waals surface area contributed by atoms with Crippen molar-refractivity contribution < 1.29 is 9.47 Å². The fourth-order valence-electron chi connectivity index (χ4n) is 0.923. The van der Waals surface area contributed by atoms with Crippen LogP contribution in [0.5, 0.6) is 11.5 Å². The Morgan fingerprint density at radius 1 is 1.33 bits per heavy atom. The van der Waals surface area contributed by atoms with Gasteiger partial charge in [-0.25, -0.2) is 0 Å². The van der Waals surface area contributed by atoms with Crippen LogP contribution in [0.3, 0.4) is 0 Å². The summed E-state index contributed by atoms with van der Waals surface area (Å²) in [5, 5.41) is 0. The smallest absolute Gasteiger partial charge is 0.177 e. The lowest BCUT2D eigenvalue weighted by molar-refractivity contribution is 0.361. The molecule has 1 aromatic rings. The van der Waals surface area contributed by atoms with Gasteiger partial charge in [0.25, 0.3) is 0 Å². The van der Waals surface area contributed by atoms with E-state index in [2.05, 4.69) is 12.0 Å². The highest BCUT2D eigenvalue weighted by Crippen LogP contribution is 2.30. The van der Waals surface area contributed by atoms with E-state index < -0.39 is 0 Å². The number of rotatable bonds is 0. The maximum atomic E-state index is 5.20. The van der Waals surface area contributed by atoms with Gasteiger partial charge < -0.3 is 9.47 Å². The van der Waals surface area contributed by atoms with Crippen LogP contribution in [0.25, 0.3) is 0 Å². The minimum atomic E-state index is 0.566. The van der Waals surface area contributed by atoms with Gasteiger partial charge in [-0.15, -0.1) is 6.42 Å². The van der Waals surface area contributed by atoms with Crippen molar-refractivity contribution in [2.45, 2.75) is 0 Å². The molecule has 57 valence electrons. The Labute approximate surface area is 70.4 Å². The van der Waals surface area contributed by atoms with Crippen LogP contribution in [-0.4, -0.2) is 0 Å². The molecule has 0 atom stereocenters. The molecule has 0 saturated carbocycles. The highest BCUT2D eigenvalue weighted by molar-refractivity contribution is 5.48. The van der Waals surface area contributed by atoms with Gasteiger partial charge in [-0.1, -0.05) is 5.92 Å². The van der Waals surface area contributed by atoms with E-state index >= 15 is 0 Å². The molecule has 1 aliphatic heterocycles. The summed E-state index contributed by atoms with van der Waals surface area (Å²) in [6.07, 6.45) is 8.11. The average molecular weight is 157 g/mol. The molecule has 1 radical (unpaired) electrons. The van der Waals surface area contributed by atoms with E-state index in [0.29, 0.717) is 11.5 Å². The lowest BCUT2D eigenvalue weighted by Gasteiger charge is -2.11. The van der Waals surface area contributed by atoms with Crippen LogP contribution in [-0.2, 0) is 0 Å². The molecule has 12 heavy (non-hydrogen) atoms. The maximum Gasteiger partial charge on any atom is 0.177 e. The van der Waals surface area contributed by atoms with Crippen LogP contribution in [0, 0.1) is 18.4 Å². The Bertz CT molecular complexity index is 372. The normalized spacial score (nSPS) is 12.2. The Hall–Kier alpha value is -1.88. The van der Waals surface area contributed by atoms with Crippen LogP contribution in [0.1, 0.15) is 5.56 Å². The SMILES string of the molecule is C#Cc1c[c]c2c(c1)OC=CO2. The summed E-state index contributed by atoms with van der Waals surface area (Å²) in [5.41, 5.74) is 0.729. The van der Waals surface area contributed by atoms with Crippen molar-refractivity contribution in [2.75, 3.05) is 0 Å². The topological polar surface area (TPSA) is 18.5 Å². The summed E-state index contributed by atoms with van der Waals surface area (Å²) in [5.74, 6) is 3.66. The second kappa shape index (κ2) is 2.63. The fraction of sp³-hybridized carbons (Fsp3) is 0. The lowest BCUT2D eigenvalue weighted by Crippen LogP contribution is -1.96. The molecule has 0 fully saturated rings. The molecule has 0 amide bonds. The van der Waals surface area contributed by atoms with Crippen molar-refractivity contribution in [3.8, 4) is 23.8 Å². The van der Waals surface area contributed by atoms with Gasteiger partial charge in [0.05, 0.1) is 0 Å². The second-order valence-corrected chi connectivity index (χ2v) is 2.23. The van der Waals surface area contributed by atoms with Gasteiger partial charge in [0, 0.05) is 17.7 Å². The molecule has 2 heteroatoms. The van der Waals surface area contributed by atoms with E-state index in [0.717, 1.165) is 5.56 Å². The highest BCUT2D eigenvalue weighted by atomic mass is 16.5. The zero-order chi connectivity index (χ0) is 8.39. The Morgan fingerprint density at radius 3 is 3.00 bits per heavy atom. The van der Waals surface area contributed by atoms with E-state index in [1.807, 2.05) is 0 Å². The molecule has 0 spiro atoms. The van der Waals surface area contributed by atoms with Gasteiger partial charge in [-0.2, -0.15) is 0 Å². The van der Waals surface area contributed by atoms with E-state index in [1.54, 1.807) is 12.1 Å². The van der Waals surface area contributed by atoms with Crippen molar-refractivity contribution in [2.24, 2.45) is 0 Å². The summed E-state index contributed by atoms with van der Waals surface area (Å²) in [6.45, 7) is 0. The Kier molecular flexibility index (Phi) is 1.49. The Morgan fingerprint density at radius 2 is 2.17 bits per heavy atom. The summed E-state index contributed by atoms with van der Waals surface area (Å²) in [7, 11) is 0. The van der Waals surface area contributed by atoms with Gasteiger partial charge in [0.15, 0.2) is 11.5 Å². The molecule has 1 aliphatic rings. The average Bonchev–Trinajstić information content (AvgIpc) is 2.17. The van der Waals surface area contributed by atoms with Gasteiger partial charge in [-0.05, 0) is 6.07 Å². The number of ether oxygens (including phenoxy) is 2.